The monoisotopic (exact) mass is 262 g/mol. The quantitative estimate of drug-likeness (QED) is 0.731. The maximum atomic E-state index is 4.71. The van der Waals surface area contributed by atoms with Gasteiger partial charge < -0.3 is 10.2 Å². The van der Waals surface area contributed by atoms with Gasteiger partial charge in [0.25, 0.3) is 0 Å². The van der Waals surface area contributed by atoms with Crippen molar-refractivity contribution in [2.45, 2.75) is 59.0 Å². The first kappa shape index (κ1) is 14.3. The Balaban J connectivity index is 2.04. The average molecular weight is 262 g/mol. The van der Waals surface area contributed by atoms with Gasteiger partial charge in [-0.3, -0.25) is 0 Å². The lowest BCUT2D eigenvalue weighted by molar-refractivity contribution is 0.665. The zero-order valence-electron chi connectivity index (χ0n) is 12.4. The van der Waals surface area contributed by atoms with E-state index in [4.69, 9.17) is 4.98 Å². The Morgan fingerprint density at radius 3 is 2.68 bits per heavy atom. The Morgan fingerprint density at radius 1 is 1.32 bits per heavy atom. The Bertz CT molecular complexity index is 401. The summed E-state index contributed by atoms with van der Waals surface area (Å²) < 4.78 is 0. The molecule has 0 aliphatic heterocycles. The molecule has 0 radical (unpaired) electrons. The number of rotatable bonds is 8. The minimum atomic E-state index is 0.684. The first-order valence-electron chi connectivity index (χ1n) is 7.56. The molecule has 1 heterocycles. The highest BCUT2D eigenvalue weighted by atomic mass is 15.3. The van der Waals surface area contributed by atoms with Crippen molar-refractivity contribution < 1.29 is 0 Å². The minimum absolute atomic E-state index is 0.684. The lowest BCUT2D eigenvalue weighted by Crippen LogP contribution is -2.29. The van der Waals surface area contributed by atoms with Crippen molar-refractivity contribution in [2.24, 2.45) is 0 Å². The van der Waals surface area contributed by atoms with Crippen LogP contribution in [-0.2, 0) is 6.54 Å². The van der Waals surface area contributed by atoms with Crippen molar-refractivity contribution in [1.29, 1.82) is 0 Å². The standard InChI is InChI=1S/C15H26N4/c1-4-8-16-10-13-11-17-15(18-12(13)3)19(9-5-2)14-6-7-14/h11,14,16H,4-10H2,1-3H3. The fourth-order valence-electron chi connectivity index (χ4n) is 2.26. The molecule has 0 saturated heterocycles. The number of nitrogens with one attached hydrogen (secondary N) is 1. The third-order valence-electron chi connectivity index (χ3n) is 3.52. The Morgan fingerprint density at radius 2 is 2.11 bits per heavy atom. The fraction of sp³-hybridized carbons (Fsp3) is 0.733. The van der Waals surface area contributed by atoms with E-state index >= 15 is 0 Å². The summed E-state index contributed by atoms with van der Waals surface area (Å²) in [4.78, 5) is 11.7. The average Bonchev–Trinajstić information content (AvgIpc) is 3.22. The normalized spacial score (nSPS) is 14.7. The van der Waals surface area contributed by atoms with Gasteiger partial charge in [-0.25, -0.2) is 9.97 Å². The number of aryl methyl sites for hydroxylation is 1. The van der Waals surface area contributed by atoms with Gasteiger partial charge in [0, 0.05) is 36.6 Å². The largest absolute Gasteiger partial charge is 0.338 e. The van der Waals surface area contributed by atoms with E-state index in [1.165, 1.54) is 18.4 Å². The van der Waals surface area contributed by atoms with Crippen LogP contribution in [0.4, 0.5) is 5.95 Å². The maximum Gasteiger partial charge on any atom is 0.225 e. The highest BCUT2D eigenvalue weighted by Crippen LogP contribution is 2.30. The van der Waals surface area contributed by atoms with Gasteiger partial charge in [-0.15, -0.1) is 0 Å². The second-order valence-electron chi connectivity index (χ2n) is 5.38. The highest BCUT2D eigenvalue weighted by Gasteiger charge is 2.30. The minimum Gasteiger partial charge on any atom is -0.338 e. The van der Waals surface area contributed by atoms with E-state index in [1.54, 1.807) is 0 Å². The molecule has 19 heavy (non-hydrogen) atoms. The van der Waals surface area contributed by atoms with Gasteiger partial charge >= 0.3 is 0 Å². The third-order valence-corrected chi connectivity index (χ3v) is 3.52. The molecule has 1 saturated carbocycles. The summed E-state index contributed by atoms with van der Waals surface area (Å²) in [5.74, 6) is 0.918. The fourth-order valence-corrected chi connectivity index (χ4v) is 2.26. The van der Waals surface area contributed by atoms with Crippen LogP contribution < -0.4 is 10.2 Å². The maximum absolute atomic E-state index is 4.71. The Kier molecular flexibility index (Phi) is 5.14. The van der Waals surface area contributed by atoms with Gasteiger partial charge in [-0.1, -0.05) is 13.8 Å². The molecule has 1 N–H and O–H groups in total. The molecule has 0 amide bonds. The predicted molar refractivity (Wildman–Crippen MR) is 79.4 cm³/mol. The van der Waals surface area contributed by atoms with Crippen molar-refractivity contribution in [3.05, 3.63) is 17.5 Å². The number of anilines is 1. The van der Waals surface area contributed by atoms with Crippen LogP contribution in [0.1, 0.15) is 50.8 Å². The molecule has 0 spiro atoms. The summed E-state index contributed by atoms with van der Waals surface area (Å²) in [6, 6.07) is 0.684. The van der Waals surface area contributed by atoms with E-state index in [2.05, 4.69) is 36.0 Å². The lowest BCUT2D eigenvalue weighted by atomic mass is 10.2. The molecule has 4 heteroatoms. The SMILES string of the molecule is CCCNCc1cnc(N(CCC)C2CC2)nc1C. The number of aromatic nitrogens is 2. The molecular formula is C15H26N4. The van der Waals surface area contributed by atoms with Crippen molar-refractivity contribution in [3.63, 3.8) is 0 Å². The van der Waals surface area contributed by atoms with Crippen molar-refractivity contribution in [2.75, 3.05) is 18.0 Å². The summed E-state index contributed by atoms with van der Waals surface area (Å²) in [5.41, 5.74) is 2.32. The summed E-state index contributed by atoms with van der Waals surface area (Å²) in [6.45, 7) is 9.47. The van der Waals surface area contributed by atoms with Gasteiger partial charge in [0.2, 0.25) is 5.95 Å². The summed E-state index contributed by atoms with van der Waals surface area (Å²) >= 11 is 0. The smallest absolute Gasteiger partial charge is 0.225 e. The molecule has 106 valence electrons. The van der Waals surface area contributed by atoms with Crippen LogP contribution in [0, 0.1) is 6.92 Å². The molecular weight excluding hydrogens is 236 g/mol. The summed E-state index contributed by atoms with van der Waals surface area (Å²) in [5, 5.41) is 3.41. The predicted octanol–water partition coefficient (Wildman–Crippen LogP) is 2.66. The molecule has 0 unspecified atom stereocenters. The molecule has 1 aromatic heterocycles. The van der Waals surface area contributed by atoms with Crippen LogP contribution in [0.15, 0.2) is 6.20 Å². The van der Waals surface area contributed by atoms with Gasteiger partial charge in [0.15, 0.2) is 0 Å². The van der Waals surface area contributed by atoms with Gasteiger partial charge in [0.05, 0.1) is 0 Å². The molecule has 1 aliphatic carbocycles. The second-order valence-corrected chi connectivity index (χ2v) is 5.38. The summed E-state index contributed by atoms with van der Waals surface area (Å²) in [7, 11) is 0. The number of nitrogens with zero attached hydrogens (tertiary/aromatic N) is 3. The molecule has 0 aromatic carbocycles. The van der Waals surface area contributed by atoms with Crippen LogP contribution in [0.3, 0.4) is 0 Å². The molecule has 0 atom stereocenters. The van der Waals surface area contributed by atoms with Crippen LogP contribution in [0.25, 0.3) is 0 Å². The number of hydrogen-bond acceptors (Lipinski definition) is 4. The van der Waals surface area contributed by atoms with E-state index in [0.29, 0.717) is 6.04 Å². The van der Waals surface area contributed by atoms with Crippen LogP contribution in [0.2, 0.25) is 0 Å². The lowest BCUT2D eigenvalue weighted by Gasteiger charge is -2.22. The molecule has 2 rings (SSSR count). The van der Waals surface area contributed by atoms with Gasteiger partial charge in [0.1, 0.15) is 0 Å². The van der Waals surface area contributed by atoms with E-state index in [-0.39, 0.29) is 0 Å². The molecule has 0 bridgehead atoms. The van der Waals surface area contributed by atoms with Crippen LogP contribution in [0.5, 0.6) is 0 Å². The molecule has 1 aliphatic rings. The van der Waals surface area contributed by atoms with E-state index in [1.807, 2.05) is 6.20 Å². The van der Waals surface area contributed by atoms with Crippen LogP contribution >= 0.6 is 0 Å². The first-order valence-corrected chi connectivity index (χ1v) is 7.56. The van der Waals surface area contributed by atoms with Gasteiger partial charge in [-0.2, -0.15) is 0 Å². The van der Waals surface area contributed by atoms with E-state index < -0.39 is 0 Å². The summed E-state index contributed by atoms with van der Waals surface area (Å²) in [6.07, 6.45) is 6.89. The van der Waals surface area contributed by atoms with Crippen molar-refractivity contribution in [1.82, 2.24) is 15.3 Å². The van der Waals surface area contributed by atoms with Crippen molar-refractivity contribution in [3.8, 4) is 0 Å². The Labute approximate surface area is 116 Å². The first-order chi connectivity index (χ1) is 9.26. The zero-order chi connectivity index (χ0) is 13.7. The molecule has 1 fully saturated rings. The Hall–Kier alpha value is -1.16. The zero-order valence-corrected chi connectivity index (χ0v) is 12.4. The highest BCUT2D eigenvalue weighted by molar-refractivity contribution is 5.36. The van der Waals surface area contributed by atoms with E-state index in [9.17, 15) is 0 Å². The third kappa shape index (κ3) is 3.90. The second kappa shape index (κ2) is 6.85. The van der Waals surface area contributed by atoms with Gasteiger partial charge in [-0.05, 0) is 39.2 Å². The molecule has 1 aromatic rings. The molecule has 4 nitrogen and oxygen atoms in total. The topological polar surface area (TPSA) is 41.1 Å². The van der Waals surface area contributed by atoms with Crippen LogP contribution in [-0.4, -0.2) is 29.1 Å². The number of hydrogen-bond donors (Lipinski definition) is 1. The van der Waals surface area contributed by atoms with Crippen molar-refractivity contribution >= 4 is 5.95 Å². The van der Waals surface area contributed by atoms with E-state index in [0.717, 1.165) is 44.1 Å².